The van der Waals surface area contributed by atoms with E-state index in [4.69, 9.17) is 9.47 Å². The molecule has 0 bridgehead atoms. The molecule has 0 saturated carbocycles. The maximum atomic E-state index is 12.5. The first kappa shape index (κ1) is 22.9. The van der Waals surface area contributed by atoms with Crippen molar-refractivity contribution in [3.8, 4) is 5.75 Å². The Balaban J connectivity index is 1.89. The highest BCUT2D eigenvalue weighted by Crippen LogP contribution is 2.25. The van der Waals surface area contributed by atoms with E-state index in [1.165, 1.54) is 25.3 Å². The van der Waals surface area contributed by atoms with E-state index in [9.17, 15) is 13.2 Å². The van der Waals surface area contributed by atoms with Crippen LogP contribution in [0, 0.1) is 0 Å². The summed E-state index contributed by atoms with van der Waals surface area (Å²) in [6.45, 7) is 4.90. The van der Waals surface area contributed by atoms with Gasteiger partial charge in [0, 0.05) is 24.8 Å². The minimum Gasteiger partial charge on any atom is -0.495 e. The van der Waals surface area contributed by atoms with Crippen LogP contribution in [0.1, 0.15) is 36.2 Å². The number of nitrogens with one attached hydrogen (secondary N) is 2. The van der Waals surface area contributed by atoms with Crippen LogP contribution < -0.4 is 14.8 Å². The number of hydrogen-bond donors (Lipinski definition) is 2. The molecule has 0 atom stereocenters. The zero-order chi connectivity index (χ0) is 21.3. The summed E-state index contributed by atoms with van der Waals surface area (Å²) in [7, 11) is -2.40. The molecule has 0 unspecified atom stereocenters. The van der Waals surface area contributed by atoms with E-state index in [0.717, 1.165) is 5.56 Å². The van der Waals surface area contributed by atoms with E-state index in [-0.39, 0.29) is 28.2 Å². The van der Waals surface area contributed by atoms with Crippen molar-refractivity contribution in [2.24, 2.45) is 0 Å². The molecule has 0 aliphatic heterocycles. The maximum absolute atomic E-state index is 12.5. The minimum absolute atomic E-state index is 0.0625. The highest BCUT2D eigenvalue weighted by Gasteiger charge is 2.22. The average Bonchev–Trinajstić information content (AvgIpc) is 2.69. The molecule has 0 heterocycles. The molecular weight excluding hydrogens is 392 g/mol. The van der Waals surface area contributed by atoms with Crippen molar-refractivity contribution in [3.63, 3.8) is 0 Å². The Hall–Kier alpha value is -2.42. The number of hydrogen-bond acceptors (Lipinski definition) is 5. The summed E-state index contributed by atoms with van der Waals surface area (Å²) >= 11 is 0. The van der Waals surface area contributed by atoms with Crippen molar-refractivity contribution >= 4 is 15.9 Å². The van der Waals surface area contributed by atoms with E-state index in [2.05, 4.69) is 10.0 Å². The van der Waals surface area contributed by atoms with Gasteiger partial charge in [0.2, 0.25) is 10.0 Å². The van der Waals surface area contributed by atoms with Crippen LogP contribution in [0.25, 0.3) is 0 Å². The molecule has 8 heteroatoms. The van der Waals surface area contributed by atoms with E-state index in [0.29, 0.717) is 26.2 Å². The molecule has 0 aliphatic carbocycles. The van der Waals surface area contributed by atoms with Crippen LogP contribution in [0.2, 0.25) is 0 Å². The van der Waals surface area contributed by atoms with Crippen LogP contribution in [0.5, 0.6) is 5.75 Å². The number of amides is 1. The van der Waals surface area contributed by atoms with Crippen LogP contribution in [0.4, 0.5) is 0 Å². The van der Waals surface area contributed by atoms with Gasteiger partial charge < -0.3 is 14.8 Å². The van der Waals surface area contributed by atoms with Gasteiger partial charge in [0.15, 0.2) is 0 Å². The topological polar surface area (TPSA) is 93.7 Å². The summed E-state index contributed by atoms with van der Waals surface area (Å²) in [5.41, 5.74) is 1.35. The molecule has 2 N–H and O–H groups in total. The summed E-state index contributed by atoms with van der Waals surface area (Å²) in [5.74, 6) is -0.166. The van der Waals surface area contributed by atoms with Gasteiger partial charge in [0.05, 0.1) is 13.7 Å². The van der Waals surface area contributed by atoms with E-state index >= 15 is 0 Å². The monoisotopic (exact) mass is 420 g/mol. The number of ether oxygens (including phenoxy) is 2. The fourth-order valence-corrected chi connectivity index (χ4v) is 4.09. The Morgan fingerprint density at radius 2 is 1.83 bits per heavy atom. The standard InChI is InChI=1S/C21H28N2O5S/c1-16(2)23-29(25,26)20-14-18(10-11-19(20)27-3)21(24)22-12-7-13-28-15-17-8-5-4-6-9-17/h4-6,8-11,14,16,23H,7,12-13,15H2,1-3H3,(H,22,24). The SMILES string of the molecule is COc1ccc(C(=O)NCCCOCc2ccccc2)cc1S(=O)(=O)NC(C)C. The van der Waals surface area contributed by atoms with Gasteiger partial charge in [-0.2, -0.15) is 0 Å². The second-order valence-electron chi connectivity index (χ2n) is 6.79. The summed E-state index contributed by atoms with van der Waals surface area (Å²) in [5, 5.41) is 2.78. The number of rotatable bonds is 11. The van der Waals surface area contributed by atoms with Crippen LogP contribution >= 0.6 is 0 Å². The van der Waals surface area contributed by atoms with E-state index in [1.54, 1.807) is 13.8 Å². The van der Waals surface area contributed by atoms with Crippen molar-refractivity contribution in [1.82, 2.24) is 10.0 Å². The molecule has 0 fully saturated rings. The lowest BCUT2D eigenvalue weighted by molar-refractivity contribution is 0.0934. The molecule has 2 aromatic rings. The highest BCUT2D eigenvalue weighted by atomic mass is 32.2. The maximum Gasteiger partial charge on any atom is 0.251 e. The average molecular weight is 421 g/mol. The zero-order valence-corrected chi connectivity index (χ0v) is 17.8. The Kier molecular flexibility index (Phi) is 8.63. The smallest absolute Gasteiger partial charge is 0.251 e. The third kappa shape index (κ3) is 7.16. The Morgan fingerprint density at radius 1 is 1.10 bits per heavy atom. The van der Waals surface area contributed by atoms with Gasteiger partial charge in [-0.05, 0) is 44.0 Å². The van der Waals surface area contributed by atoms with Crippen LogP contribution in [0.15, 0.2) is 53.4 Å². The molecule has 0 aromatic heterocycles. The fraction of sp³-hybridized carbons (Fsp3) is 0.381. The van der Waals surface area contributed by atoms with Crippen molar-refractivity contribution in [2.45, 2.75) is 37.8 Å². The summed E-state index contributed by atoms with van der Waals surface area (Å²) in [6.07, 6.45) is 0.648. The van der Waals surface area contributed by atoms with Crippen LogP contribution in [-0.4, -0.2) is 40.6 Å². The van der Waals surface area contributed by atoms with E-state index < -0.39 is 10.0 Å². The van der Waals surface area contributed by atoms with Crippen molar-refractivity contribution in [2.75, 3.05) is 20.3 Å². The number of benzene rings is 2. The Bertz CT molecular complexity index is 899. The lowest BCUT2D eigenvalue weighted by atomic mass is 10.2. The van der Waals surface area contributed by atoms with E-state index in [1.807, 2.05) is 30.3 Å². The lowest BCUT2D eigenvalue weighted by Crippen LogP contribution is -2.31. The second-order valence-corrected chi connectivity index (χ2v) is 8.47. The summed E-state index contributed by atoms with van der Waals surface area (Å²) in [6, 6.07) is 13.9. The molecule has 1 amide bonds. The molecule has 0 saturated heterocycles. The largest absolute Gasteiger partial charge is 0.495 e. The molecule has 29 heavy (non-hydrogen) atoms. The van der Waals surface area contributed by atoms with Crippen molar-refractivity contribution < 1.29 is 22.7 Å². The highest BCUT2D eigenvalue weighted by molar-refractivity contribution is 7.89. The molecule has 0 aliphatic rings. The van der Waals surface area contributed by atoms with Gasteiger partial charge in [-0.1, -0.05) is 30.3 Å². The number of sulfonamides is 1. The third-order valence-electron chi connectivity index (χ3n) is 3.97. The van der Waals surface area contributed by atoms with Crippen LogP contribution in [-0.2, 0) is 21.4 Å². The summed E-state index contributed by atoms with van der Waals surface area (Å²) in [4.78, 5) is 12.3. The number of carbonyl (C=O) groups excluding carboxylic acids is 1. The Labute approximate surface area is 172 Å². The quantitative estimate of drug-likeness (QED) is 0.545. The van der Waals surface area contributed by atoms with Gasteiger partial charge in [-0.25, -0.2) is 13.1 Å². The van der Waals surface area contributed by atoms with Gasteiger partial charge >= 0.3 is 0 Å². The van der Waals surface area contributed by atoms with Crippen molar-refractivity contribution in [3.05, 3.63) is 59.7 Å². The van der Waals surface area contributed by atoms with Gasteiger partial charge in [-0.15, -0.1) is 0 Å². The molecule has 0 spiro atoms. The third-order valence-corrected chi connectivity index (χ3v) is 5.65. The number of carbonyl (C=O) groups is 1. The van der Waals surface area contributed by atoms with Gasteiger partial charge in [0.25, 0.3) is 5.91 Å². The Morgan fingerprint density at radius 3 is 2.48 bits per heavy atom. The van der Waals surface area contributed by atoms with Crippen molar-refractivity contribution in [1.29, 1.82) is 0 Å². The van der Waals surface area contributed by atoms with Gasteiger partial charge in [0.1, 0.15) is 10.6 Å². The molecule has 7 nitrogen and oxygen atoms in total. The molecule has 158 valence electrons. The normalized spacial score (nSPS) is 11.4. The zero-order valence-electron chi connectivity index (χ0n) is 17.0. The first-order valence-corrected chi connectivity index (χ1v) is 10.9. The molecular formula is C21H28N2O5S. The predicted molar refractivity (Wildman–Crippen MR) is 111 cm³/mol. The first-order chi connectivity index (χ1) is 13.8. The summed E-state index contributed by atoms with van der Waals surface area (Å²) < 4.78 is 38.2. The minimum atomic E-state index is -3.79. The predicted octanol–water partition coefficient (Wildman–Crippen LogP) is 2.72. The number of methoxy groups -OCH3 is 1. The lowest BCUT2D eigenvalue weighted by Gasteiger charge is -2.14. The van der Waals surface area contributed by atoms with Gasteiger partial charge in [-0.3, -0.25) is 4.79 Å². The molecule has 2 aromatic carbocycles. The second kappa shape index (κ2) is 10.9. The molecule has 0 radical (unpaired) electrons. The fourth-order valence-electron chi connectivity index (χ4n) is 2.64. The first-order valence-electron chi connectivity index (χ1n) is 9.43. The molecule has 2 rings (SSSR count). The van der Waals surface area contributed by atoms with Crippen LogP contribution in [0.3, 0.4) is 0 Å².